The predicted molar refractivity (Wildman–Crippen MR) is 116 cm³/mol. The zero-order valence-electron chi connectivity index (χ0n) is 16.8. The summed E-state index contributed by atoms with van der Waals surface area (Å²) in [6.07, 6.45) is 2.87. The number of aryl methyl sites for hydroxylation is 1. The van der Waals surface area contributed by atoms with Crippen molar-refractivity contribution < 1.29 is 9.47 Å². The second-order valence-electron chi connectivity index (χ2n) is 6.14. The maximum atomic E-state index is 9.88. The predicted octanol–water partition coefficient (Wildman–Crippen LogP) is 5.06. The van der Waals surface area contributed by atoms with E-state index in [-0.39, 0.29) is 0 Å². The molecule has 7 heteroatoms. The van der Waals surface area contributed by atoms with Crippen molar-refractivity contribution in [2.75, 3.05) is 25.8 Å². The molecule has 0 saturated carbocycles. The smallest absolute Gasteiger partial charge is 0.189 e. The van der Waals surface area contributed by atoms with Crippen molar-refractivity contribution in [1.29, 1.82) is 5.26 Å². The molecule has 148 valence electrons. The standard InChI is InChI=1S/C22H22N4O2S/c1-5-14-6-9-16(10-7-14)24-21-17(13-23)20(25-22(26-21)29-4)15-8-11-18(27-2)19(12-15)28-3/h6-12H,5H2,1-4H3,(H,24,25,26). The zero-order valence-corrected chi connectivity index (χ0v) is 17.6. The number of aromatic nitrogens is 2. The molecule has 0 spiro atoms. The lowest BCUT2D eigenvalue weighted by Crippen LogP contribution is -2.03. The second-order valence-corrected chi connectivity index (χ2v) is 6.91. The summed E-state index contributed by atoms with van der Waals surface area (Å²) in [5.41, 5.74) is 3.77. The summed E-state index contributed by atoms with van der Waals surface area (Å²) in [5, 5.41) is 13.7. The fraction of sp³-hybridized carbons (Fsp3) is 0.227. The molecular formula is C22H22N4O2S. The van der Waals surface area contributed by atoms with Gasteiger partial charge in [0, 0.05) is 11.3 Å². The third-order valence-corrected chi connectivity index (χ3v) is 5.01. The Morgan fingerprint density at radius 3 is 2.34 bits per heavy atom. The van der Waals surface area contributed by atoms with Crippen LogP contribution in [-0.4, -0.2) is 30.4 Å². The lowest BCUT2D eigenvalue weighted by Gasteiger charge is -2.14. The lowest BCUT2D eigenvalue weighted by molar-refractivity contribution is 0.355. The monoisotopic (exact) mass is 406 g/mol. The molecule has 0 amide bonds. The summed E-state index contributed by atoms with van der Waals surface area (Å²) >= 11 is 1.42. The Balaban J connectivity index is 2.10. The van der Waals surface area contributed by atoms with Gasteiger partial charge in [-0.25, -0.2) is 9.97 Å². The minimum Gasteiger partial charge on any atom is -0.493 e. The van der Waals surface area contributed by atoms with E-state index in [1.165, 1.54) is 17.3 Å². The van der Waals surface area contributed by atoms with E-state index < -0.39 is 0 Å². The van der Waals surface area contributed by atoms with Gasteiger partial charge in [0.05, 0.1) is 19.9 Å². The van der Waals surface area contributed by atoms with Gasteiger partial charge in [0.15, 0.2) is 22.5 Å². The molecule has 1 heterocycles. The minimum atomic E-state index is 0.370. The highest BCUT2D eigenvalue weighted by atomic mass is 32.2. The van der Waals surface area contributed by atoms with Gasteiger partial charge in [0.1, 0.15) is 11.6 Å². The van der Waals surface area contributed by atoms with Crippen molar-refractivity contribution in [3.8, 4) is 28.8 Å². The van der Waals surface area contributed by atoms with Crippen LogP contribution in [0.5, 0.6) is 11.5 Å². The van der Waals surface area contributed by atoms with Crippen molar-refractivity contribution in [2.45, 2.75) is 18.5 Å². The topological polar surface area (TPSA) is 80.1 Å². The molecule has 0 bridgehead atoms. The maximum Gasteiger partial charge on any atom is 0.189 e. The Morgan fingerprint density at radius 1 is 1.03 bits per heavy atom. The Hall–Kier alpha value is -3.24. The molecule has 0 aliphatic heterocycles. The largest absolute Gasteiger partial charge is 0.493 e. The van der Waals surface area contributed by atoms with E-state index in [9.17, 15) is 5.26 Å². The highest BCUT2D eigenvalue weighted by molar-refractivity contribution is 7.98. The van der Waals surface area contributed by atoms with E-state index in [2.05, 4.69) is 40.4 Å². The molecule has 1 N–H and O–H groups in total. The summed E-state index contributed by atoms with van der Waals surface area (Å²) in [4.78, 5) is 9.11. The van der Waals surface area contributed by atoms with Crippen LogP contribution in [0.1, 0.15) is 18.1 Å². The van der Waals surface area contributed by atoms with Crippen LogP contribution in [0.25, 0.3) is 11.3 Å². The Labute approximate surface area is 174 Å². The number of ether oxygens (including phenoxy) is 2. The van der Waals surface area contributed by atoms with E-state index >= 15 is 0 Å². The van der Waals surface area contributed by atoms with Crippen molar-refractivity contribution in [1.82, 2.24) is 9.97 Å². The van der Waals surface area contributed by atoms with Crippen LogP contribution in [0.4, 0.5) is 11.5 Å². The molecule has 0 fully saturated rings. The fourth-order valence-electron chi connectivity index (χ4n) is 2.88. The van der Waals surface area contributed by atoms with E-state index in [0.29, 0.717) is 33.7 Å². The number of nitriles is 1. The summed E-state index contributed by atoms with van der Waals surface area (Å²) in [6.45, 7) is 2.11. The number of rotatable bonds is 7. The molecule has 3 aromatic rings. The maximum absolute atomic E-state index is 9.88. The lowest BCUT2D eigenvalue weighted by atomic mass is 10.1. The SMILES string of the molecule is CCc1ccc(Nc2nc(SC)nc(-c3ccc(OC)c(OC)c3)c2C#N)cc1. The quantitative estimate of drug-likeness (QED) is 0.434. The molecule has 0 saturated heterocycles. The van der Waals surface area contributed by atoms with Gasteiger partial charge in [-0.3, -0.25) is 0 Å². The molecular weight excluding hydrogens is 384 g/mol. The number of anilines is 2. The van der Waals surface area contributed by atoms with Crippen LogP contribution >= 0.6 is 11.8 Å². The van der Waals surface area contributed by atoms with Crippen LogP contribution in [-0.2, 0) is 6.42 Å². The van der Waals surface area contributed by atoms with Gasteiger partial charge in [0.25, 0.3) is 0 Å². The first kappa shape index (κ1) is 20.5. The summed E-state index contributed by atoms with van der Waals surface area (Å²) in [5.74, 6) is 1.66. The molecule has 3 rings (SSSR count). The van der Waals surface area contributed by atoms with E-state index in [1.54, 1.807) is 20.3 Å². The van der Waals surface area contributed by atoms with E-state index in [0.717, 1.165) is 17.7 Å². The highest BCUT2D eigenvalue weighted by Gasteiger charge is 2.18. The van der Waals surface area contributed by atoms with Gasteiger partial charge >= 0.3 is 0 Å². The molecule has 6 nitrogen and oxygen atoms in total. The van der Waals surface area contributed by atoms with E-state index in [1.807, 2.05) is 30.5 Å². The molecule has 29 heavy (non-hydrogen) atoms. The Kier molecular flexibility index (Phi) is 6.57. The first-order valence-corrected chi connectivity index (χ1v) is 10.3. The molecule has 0 unspecified atom stereocenters. The van der Waals surface area contributed by atoms with Crippen molar-refractivity contribution in [3.63, 3.8) is 0 Å². The molecule has 0 aliphatic carbocycles. The van der Waals surface area contributed by atoms with Crippen LogP contribution in [0, 0.1) is 11.3 Å². The van der Waals surface area contributed by atoms with Gasteiger partial charge in [0.2, 0.25) is 0 Å². The number of hydrogen-bond acceptors (Lipinski definition) is 7. The van der Waals surface area contributed by atoms with Crippen molar-refractivity contribution >= 4 is 23.3 Å². The molecule has 2 aromatic carbocycles. The average Bonchev–Trinajstić information content (AvgIpc) is 2.78. The van der Waals surface area contributed by atoms with Gasteiger partial charge in [-0.2, -0.15) is 5.26 Å². The molecule has 0 aliphatic rings. The Bertz CT molecular complexity index is 1050. The van der Waals surface area contributed by atoms with Gasteiger partial charge in [-0.1, -0.05) is 30.8 Å². The molecule has 0 atom stereocenters. The van der Waals surface area contributed by atoms with Crippen LogP contribution in [0.3, 0.4) is 0 Å². The summed E-state index contributed by atoms with van der Waals surface area (Å²) < 4.78 is 10.7. The fourth-order valence-corrected chi connectivity index (χ4v) is 3.25. The average molecular weight is 407 g/mol. The third-order valence-electron chi connectivity index (χ3n) is 4.46. The highest BCUT2D eigenvalue weighted by Crippen LogP contribution is 2.35. The number of benzene rings is 2. The van der Waals surface area contributed by atoms with Gasteiger partial charge < -0.3 is 14.8 Å². The summed E-state index contributed by atoms with van der Waals surface area (Å²) in [7, 11) is 3.16. The molecule has 1 aromatic heterocycles. The van der Waals surface area contributed by atoms with E-state index in [4.69, 9.17) is 9.47 Å². The Morgan fingerprint density at radius 2 is 1.76 bits per heavy atom. The number of hydrogen-bond donors (Lipinski definition) is 1. The first-order valence-electron chi connectivity index (χ1n) is 9.08. The van der Waals surface area contributed by atoms with Gasteiger partial charge in [-0.15, -0.1) is 0 Å². The van der Waals surface area contributed by atoms with Crippen molar-refractivity contribution in [2.24, 2.45) is 0 Å². The third kappa shape index (κ3) is 4.44. The van der Waals surface area contributed by atoms with Crippen LogP contribution in [0.2, 0.25) is 0 Å². The first-order chi connectivity index (χ1) is 14.1. The van der Waals surface area contributed by atoms with Crippen molar-refractivity contribution in [3.05, 3.63) is 53.6 Å². The molecule has 0 radical (unpaired) electrons. The van der Waals surface area contributed by atoms with Gasteiger partial charge in [-0.05, 0) is 48.6 Å². The van der Waals surface area contributed by atoms with Crippen LogP contribution in [0.15, 0.2) is 47.6 Å². The number of nitrogens with one attached hydrogen (secondary N) is 1. The second kappa shape index (κ2) is 9.30. The number of thioether (sulfide) groups is 1. The number of nitrogens with zero attached hydrogens (tertiary/aromatic N) is 3. The minimum absolute atomic E-state index is 0.370. The van der Waals surface area contributed by atoms with Crippen LogP contribution < -0.4 is 14.8 Å². The normalized spacial score (nSPS) is 10.3. The zero-order chi connectivity index (χ0) is 20.8. The number of methoxy groups -OCH3 is 2. The summed E-state index contributed by atoms with van der Waals surface area (Å²) in [6, 6.07) is 15.8.